The van der Waals surface area contributed by atoms with Crippen molar-refractivity contribution < 1.29 is 8.42 Å². The van der Waals surface area contributed by atoms with Gasteiger partial charge in [0.05, 0.1) is 12.3 Å². The highest BCUT2D eigenvalue weighted by molar-refractivity contribution is 14.0. The van der Waals surface area contributed by atoms with Gasteiger partial charge < -0.3 is 10.6 Å². The fourth-order valence-electron chi connectivity index (χ4n) is 1.90. The van der Waals surface area contributed by atoms with Crippen molar-refractivity contribution in [2.75, 3.05) is 12.8 Å². The minimum absolute atomic E-state index is 0. The molecule has 1 aliphatic rings. The molecule has 1 aromatic rings. The standard InChI is InChI=1S/C13H19N3O2S.HI/c1-10-7-14-13(16-10)15-8-11-3-5-12(6-4-11)9-19(2,17)18;/h3-6,10H,7-9H2,1-2H3,(H2,14,15,16);1H. The smallest absolute Gasteiger partial charge is 0.191 e. The summed E-state index contributed by atoms with van der Waals surface area (Å²) in [7, 11) is -2.97. The summed E-state index contributed by atoms with van der Waals surface area (Å²) in [4.78, 5) is 4.31. The number of sulfone groups is 1. The Hall–Kier alpha value is -0.830. The summed E-state index contributed by atoms with van der Waals surface area (Å²) in [6.07, 6.45) is 1.24. The Labute approximate surface area is 137 Å². The van der Waals surface area contributed by atoms with E-state index in [9.17, 15) is 8.42 Å². The minimum Gasteiger partial charge on any atom is -0.352 e. The van der Waals surface area contributed by atoms with Crippen molar-refractivity contribution in [3.63, 3.8) is 0 Å². The Morgan fingerprint density at radius 1 is 1.30 bits per heavy atom. The quantitative estimate of drug-likeness (QED) is 0.736. The van der Waals surface area contributed by atoms with E-state index in [2.05, 4.69) is 22.5 Å². The third-order valence-electron chi connectivity index (χ3n) is 2.82. The monoisotopic (exact) mass is 409 g/mol. The predicted octanol–water partition coefficient (Wildman–Crippen LogP) is 1.29. The average Bonchev–Trinajstić information content (AvgIpc) is 2.72. The third kappa shape index (κ3) is 5.66. The van der Waals surface area contributed by atoms with Crippen molar-refractivity contribution in [3.8, 4) is 0 Å². The Morgan fingerprint density at radius 2 is 1.90 bits per heavy atom. The molecule has 0 saturated heterocycles. The van der Waals surface area contributed by atoms with Crippen molar-refractivity contribution in [2.45, 2.75) is 25.3 Å². The van der Waals surface area contributed by atoms with Crippen molar-refractivity contribution in [1.29, 1.82) is 0 Å². The SMILES string of the molecule is CC1CN=C(NCc2ccc(CS(C)(=O)=O)cc2)N1.I. The molecule has 1 atom stereocenters. The Bertz CT molecular complexity index is 570. The number of guanidine groups is 1. The number of halogens is 1. The summed E-state index contributed by atoms with van der Waals surface area (Å²) < 4.78 is 22.4. The molecule has 0 fully saturated rings. The summed E-state index contributed by atoms with van der Waals surface area (Å²) in [6.45, 7) is 3.56. The van der Waals surface area contributed by atoms with E-state index in [1.807, 2.05) is 24.3 Å². The number of hydrogen-bond donors (Lipinski definition) is 2. The molecule has 1 aromatic carbocycles. The van der Waals surface area contributed by atoms with Crippen LogP contribution in [-0.2, 0) is 22.1 Å². The van der Waals surface area contributed by atoms with E-state index >= 15 is 0 Å². The van der Waals surface area contributed by atoms with Gasteiger partial charge in [-0.05, 0) is 18.1 Å². The first-order valence-electron chi connectivity index (χ1n) is 6.23. The largest absolute Gasteiger partial charge is 0.352 e. The number of hydrogen-bond acceptors (Lipinski definition) is 5. The number of benzene rings is 1. The van der Waals surface area contributed by atoms with Gasteiger partial charge in [-0.3, -0.25) is 4.99 Å². The second-order valence-electron chi connectivity index (χ2n) is 4.97. The van der Waals surface area contributed by atoms with Gasteiger partial charge in [-0.2, -0.15) is 0 Å². The van der Waals surface area contributed by atoms with E-state index in [-0.39, 0.29) is 29.7 Å². The molecular weight excluding hydrogens is 389 g/mol. The lowest BCUT2D eigenvalue weighted by Crippen LogP contribution is -2.37. The molecule has 20 heavy (non-hydrogen) atoms. The van der Waals surface area contributed by atoms with Crippen molar-refractivity contribution in [2.24, 2.45) is 4.99 Å². The number of nitrogens with zero attached hydrogens (tertiary/aromatic N) is 1. The van der Waals surface area contributed by atoms with E-state index in [1.165, 1.54) is 6.26 Å². The van der Waals surface area contributed by atoms with Crippen molar-refractivity contribution >= 4 is 39.8 Å². The maximum atomic E-state index is 11.2. The van der Waals surface area contributed by atoms with Gasteiger partial charge in [0.1, 0.15) is 0 Å². The molecule has 0 bridgehead atoms. The summed E-state index contributed by atoms with van der Waals surface area (Å²) in [5.74, 6) is 0.916. The van der Waals surface area contributed by atoms with Gasteiger partial charge in [0.2, 0.25) is 0 Å². The number of aliphatic imine (C=N–C) groups is 1. The summed E-state index contributed by atoms with van der Waals surface area (Å²) in [5, 5.41) is 6.44. The second-order valence-corrected chi connectivity index (χ2v) is 7.11. The molecule has 7 heteroatoms. The molecule has 0 amide bonds. The molecule has 2 rings (SSSR count). The predicted molar refractivity (Wildman–Crippen MR) is 92.1 cm³/mol. The highest BCUT2D eigenvalue weighted by Gasteiger charge is 2.11. The minimum atomic E-state index is -2.97. The molecule has 1 unspecified atom stereocenters. The number of rotatable bonds is 4. The van der Waals surface area contributed by atoms with Crippen LogP contribution in [-0.4, -0.2) is 33.2 Å². The van der Waals surface area contributed by atoms with Crippen LogP contribution in [0.15, 0.2) is 29.3 Å². The summed E-state index contributed by atoms with van der Waals surface area (Å²) >= 11 is 0. The van der Waals surface area contributed by atoms with E-state index in [0.717, 1.165) is 23.6 Å². The topological polar surface area (TPSA) is 70.6 Å². The molecule has 0 aromatic heterocycles. The zero-order valence-corrected chi connectivity index (χ0v) is 14.7. The lowest BCUT2D eigenvalue weighted by molar-refractivity contribution is 0.601. The van der Waals surface area contributed by atoms with Crippen LogP contribution in [0.25, 0.3) is 0 Å². The highest BCUT2D eigenvalue weighted by atomic mass is 127. The van der Waals surface area contributed by atoms with Crippen LogP contribution < -0.4 is 10.6 Å². The van der Waals surface area contributed by atoms with Gasteiger partial charge in [-0.15, -0.1) is 24.0 Å². The maximum Gasteiger partial charge on any atom is 0.191 e. The zero-order valence-electron chi connectivity index (χ0n) is 11.6. The van der Waals surface area contributed by atoms with Crippen LogP contribution in [0.1, 0.15) is 18.1 Å². The molecule has 0 radical (unpaired) electrons. The first-order valence-corrected chi connectivity index (χ1v) is 8.29. The van der Waals surface area contributed by atoms with E-state index in [4.69, 9.17) is 0 Å². The van der Waals surface area contributed by atoms with E-state index < -0.39 is 9.84 Å². The molecule has 1 heterocycles. The molecule has 1 aliphatic heterocycles. The van der Waals surface area contributed by atoms with Crippen LogP contribution in [0.5, 0.6) is 0 Å². The average molecular weight is 409 g/mol. The fourth-order valence-corrected chi connectivity index (χ4v) is 2.70. The highest BCUT2D eigenvalue weighted by Crippen LogP contribution is 2.08. The normalized spacial score (nSPS) is 17.9. The fraction of sp³-hybridized carbons (Fsp3) is 0.462. The molecule has 112 valence electrons. The van der Waals surface area contributed by atoms with Gasteiger partial charge >= 0.3 is 0 Å². The Balaban J connectivity index is 0.00000200. The second kappa shape index (κ2) is 7.26. The van der Waals surface area contributed by atoms with Gasteiger partial charge in [-0.1, -0.05) is 24.3 Å². The van der Waals surface area contributed by atoms with E-state index in [0.29, 0.717) is 12.6 Å². The molecule has 0 saturated carbocycles. The van der Waals surface area contributed by atoms with Crippen molar-refractivity contribution in [3.05, 3.63) is 35.4 Å². The molecule has 0 aliphatic carbocycles. The Kier molecular flexibility index (Phi) is 6.25. The molecule has 5 nitrogen and oxygen atoms in total. The van der Waals surface area contributed by atoms with E-state index in [1.54, 1.807) is 0 Å². The number of nitrogens with one attached hydrogen (secondary N) is 2. The summed E-state index contributed by atoms with van der Waals surface area (Å²) in [6, 6.07) is 7.97. The molecular formula is C13H20IN3O2S. The zero-order chi connectivity index (χ0) is 13.9. The Morgan fingerprint density at radius 3 is 2.40 bits per heavy atom. The van der Waals surface area contributed by atoms with Crippen LogP contribution in [0.3, 0.4) is 0 Å². The molecule has 2 N–H and O–H groups in total. The molecule has 0 spiro atoms. The van der Waals surface area contributed by atoms with Crippen molar-refractivity contribution in [1.82, 2.24) is 10.6 Å². The van der Waals surface area contributed by atoms with Crippen LogP contribution in [0, 0.1) is 0 Å². The van der Waals surface area contributed by atoms with Crippen LogP contribution >= 0.6 is 24.0 Å². The third-order valence-corrected chi connectivity index (χ3v) is 3.68. The van der Waals surface area contributed by atoms with Gasteiger partial charge in [0.25, 0.3) is 0 Å². The van der Waals surface area contributed by atoms with Crippen LogP contribution in [0.4, 0.5) is 0 Å². The lowest BCUT2D eigenvalue weighted by atomic mass is 10.1. The van der Waals surface area contributed by atoms with Crippen LogP contribution in [0.2, 0.25) is 0 Å². The first kappa shape index (κ1) is 17.2. The van der Waals surface area contributed by atoms with Gasteiger partial charge in [0, 0.05) is 18.8 Å². The van der Waals surface area contributed by atoms with Gasteiger partial charge in [-0.25, -0.2) is 8.42 Å². The van der Waals surface area contributed by atoms with Gasteiger partial charge in [0.15, 0.2) is 15.8 Å². The first-order chi connectivity index (χ1) is 8.92. The summed E-state index contributed by atoms with van der Waals surface area (Å²) in [5.41, 5.74) is 1.91. The maximum absolute atomic E-state index is 11.2. The lowest BCUT2D eigenvalue weighted by Gasteiger charge is -2.09.